The number of aromatic nitrogens is 4. The third-order valence-electron chi connectivity index (χ3n) is 3.37. The van der Waals surface area contributed by atoms with Gasteiger partial charge in [-0.15, -0.1) is 0 Å². The van der Waals surface area contributed by atoms with Crippen molar-refractivity contribution in [3.05, 3.63) is 63.5 Å². The van der Waals surface area contributed by atoms with Crippen molar-refractivity contribution < 1.29 is 10.0 Å². The van der Waals surface area contributed by atoms with Crippen LogP contribution in [0.2, 0.25) is 0 Å². The molecule has 0 spiro atoms. The van der Waals surface area contributed by atoms with Gasteiger partial charge in [-0.05, 0) is 12.1 Å². The number of nitro groups is 1. The molecule has 9 heteroatoms. The van der Waals surface area contributed by atoms with Gasteiger partial charge in [0.15, 0.2) is 0 Å². The summed E-state index contributed by atoms with van der Waals surface area (Å²) in [5.74, 6) is 0. The van der Waals surface area contributed by atoms with Crippen LogP contribution in [0.1, 0.15) is 0 Å². The maximum absolute atomic E-state index is 12.3. The van der Waals surface area contributed by atoms with Gasteiger partial charge in [-0.2, -0.15) is 5.10 Å². The molecular formula is C14H13N5O4. The molecule has 0 aliphatic rings. The third kappa shape index (κ3) is 3.09. The van der Waals surface area contributed by atoms with Crippen LogP contribution >= 0.6 is 0 Å². The lowest BCUT2D eigenvalue weighted by atomic mass is 10.2. The summed E-state index contributed by atoms with van der Waals surface area (Å²) in [5.41, 5.74) is 0.189. The van der Waals surface area contributed by atoms with Gasteiger partial charge in [0.2, 0.25) is 0 Å². The Morgan fingerprint density at radius 2 is 2.09 bits per heavy atom. The molecule has 23 heavy (non-hydrogen) atoms. The SMILES string of the molecule is O=c1c2ccccc2ncn1CC(O)Cn1cc([N+](=O)[O-])cn1. The smallest absolute Gasteiger partial charge is 0.306 e. The highest BCUT2D eigenvalue weighted by molar-refractivity contribution is 5.76. The summed E-state index contributed by atoms with van der Waals surface area (Å²) in [6.07, 6.45) is 2.77. The first-order chi connectivity index (χ1) is 11.0. The molecule has 2 heterocycles. The zero-order valence-corrected chi connectivity index (χ0v) is 11.9. The van der Waals surface area contributed by atoms with Gasteiger partial charge in [0.25, 0.3) is 5.56 Å². The van der Waals surface area contributed by atoms with Crippen LogP contribution < -0.4 is 5.56 Å². The first kappa shape index (κ1) is 14.9. The predicted molar refractivity (Wildman–Crippen MR) is 80.9 cm³/mol. The first-order valence-corrected chi connectivity index (χ1v) is 6.83. The van der Waals surface area contributed by atoms with E-state index in [1.54, 1.807) is 24.3 Å². The van der Waals surface area contributed by atoms with Gasteiger partial charge >= 0.3 is 5.69 Å². The van der Waals surface area contributed by atoms with Gasteiger partial charge in [0, 0.05) is 0 Å². The van der Waals surface area contributed by atoms with Crippen LogP contribution in [-0.2, 0) is 13.1 Å². The van der Waals surface area contributed by atoms with Gasteiger partial charge < -0.3 is 5.11 Å². The summed E-state index contributed by atoms with van der Waals surface area (Å²) < 4.78 is 2.58. The van der Waals surface area contributed by atoms with Crippen molar-refractivity contribution in [2.24, 2.45) is 0 Å². The summed E-state index contributed by atoms with van der Waals surface area (Å²) in [6, 6.07) is 6.94. The van der Waals surface area contributed by atoms with E-state index < -0.39 is 11.0 Å². The fourth-order valence-corrected chi connectivity index (χ4v) is 2.28. The minimum absolute atomic E-state index is 0.0182. The lowest BCUT2D eigenvalue weighted by Gasteiger charge is -2.12. The number of rotatable bonds is 5. The summed E-state index contributed by atoms with van der Waals surface area (Å²) in [4.78, 5) is 26.5. The van der Waals surface area contributed by atoms with Crippen LogP contribution in [-0.4, -0.2) is 35.5 Å². The average molecular weight is 315 g/mol. The van der Waals surface area contributed by atoms with Crippen LogP contribution in [0.3, 0.4) is 0 Å². The van der Waals surface area contributed by atoms with E-state index in [0.29, 0.717) is 10.9 Å². The molecule has 1 atom stereocenters. The molecule has 0 amide bonds. The van der Waals surface area contributed by atoms with E-state index in [9.17, 15) is 20.0 Å². The topological polar surface area (TPSA) is 116 Å². The molecule has 3 rings (SSSR count). The van der Waals surface area contributed by atoms with Crippen LogP contribution in [0, 0.1) is 10.1 Å². The largest absolute Gasteiger partial charge is 0.389 e. The number of benzene rings is 1. The molecule has 0 saturated heterocycles. The second kappa shape index (κ2) is 5.97. The minimum Gasteiger partial charge on any atom is -0.389 e. The molecule has 1 aromatic carbocycles. The molecule has 3 aromatic rings. The monoisotopic (exact) mass is 315 g/mol. The molecular weight excluding hydrogens is 302 g/mol. The van der Waals surface area contributed by atoms with Crippen molar-refractivity contribution in [2.45, 2.75) is 19.2 Å². The lowest BCUT2D eigenvalue weighted by Crippen LogP contribution is -2.29. The van der Waals surface area contributed by atoms with E-state index in [2.05, 4.69) is 10.1 Å². The number of nitrogens with zero attached hydrogens (tertiary/aromatic N) is 5. The highest BCUT2D eigenvalue weighted by atomic mass is 16.6. The van der Waals surface area contributed by atoms with E-state index in [1.165, 1.54) is 21.8 Å². The van der Waals surface area contributed by atoms with Gasteiger partial charge in [-0.1, -0.05) is 12.1 Å². The zero-order valence-electron chi connectivity index (χ0n) is 11.9. The van der Waals surface area contributed by atoms with Gasteiger partial charge in [0.05, 0.1) is 41.3 Å². The minimum atomic E-state index is -0.935. The first-order valence-electron chi connectivity index (χ1n) is 6.83. The molecule has 118 valence electrons. The number of hydrogen-bond donors (Lipinski definition) is 1. The molecule has 9 nitrogen and oxygen atoms in total. The predicted octanol–water partition coefficient (Wildman–Crippen LogP) is 0.562. The number of para-hydroxylation sites is 1. The van der Waals surface area contributed by atoms with Crippen molar-refractivity contribution in [3.63, 3.8) is 0 Å². The fraction of sp³-hybridized carbons (Fsp3) is 0.214. The van der Waals surface area contributed by atoms with Crippen molar-refractivity contribution >= 4 is 16.6 Å². The van der Waals surface area contributed by atoms with E-state index in [0.717, 1.165) is 6.20 Å². The Bertz CT molecular complexity index is 917. The summed E-state index contributed by atoms with van der Waals surface area (Å²) >= 11 is 0. The summed E-state index contributed by atoms with van der Waals surface area (Å²) in [7, 11) is 0. The average Bonchev–Trinajstić information content (AvgIpc) is 2.99. The fourth-order valence-electron chi connectivity index (χ4n) is 2.28. The quantitative estimate of drug-likeness (QED) is 0.543. The Kier molecular flexibility index (Phi) is 3.85. The van der Waals surface area contributed by atoms with Crippen LogP contribution in [0.25, 0.3) is 10.9 Å². The lowest BCUT2D eigenvalue weighted by molar-refractivity contribution is -0.385. The van der Waals surface area contributed by atoms with Gasteiger partial charge in [0.1, 0.15) is 12.4 Å². The Labute approximate surface area is 129 Å². The molecule has 0 aliphatic carbocycles. The van der Waals surface area contributed by atoms with E-state index in [4.69, 9.17) is 0 Å². The van der Waals surface area contributed by atoms with Crippen LogP contribution in [0.4, 0.5) is 5.69 Å². The summed E-state index contributed by atoms with van der Waals surface area (Å²) in [5, 5.41) is 25.0. The molecule has 1 unspecified atom stereocenters. The third-order valence-corrected chi connectivity index (χ3v) is 3.37. The van der Waals surface area contributed by atoms with Crippen LogP contribution in [0.15, 0.2) is 47.8 Å². The Hall–Kier alpha value is -3.07. The van der Waals surface area contributed by atoms with Gasteiger partial charge in [-0.3, -0.25) is 24.2 Å². The van der Waals surface area contributed by atoms with Gasteiger partial charge in [-0.25, -0.2) is 4.98 Å². The molecule has 2 aromatic heterocycles. The highest BCUT2D eigenvalue weighted by Crippen LogP contribution is 2.09. The molecule has 1 N–H and O–H groups in total. The normalized spacial score (nSPS) is 12.4. The molecule has 0 bridgehead atoms. The molecule has 0 aliphatic heterocycles. The number of hydrogen-bond acceptors (Lipinski definition) is 6. The van der Waals surface area contributed by atoms with Crippen LogP contribution in [0.5, 0.6) is 0 Å². The second-order valence-electron chi connectivity index (χ2n) is 5.05. The second-order valence-corrected chi connectivity index (χ2v) is 5.05. The van der Waals surface area contributed by atoms with E-state index in [1.807, 2.05) is 0 Å². The number of fused-ring (bicyclic) bond motifs is 1. The maximum atomic E-state index is 12.3. The molecule has 0 radical (unpaired) electrons. The summed E-state index contributed by atoms with van der Waals surface area (Å²) in [6.45, 7) is 0.0530. The van der Waals surface area contributed by atoms with Crippen molar-refractivity contribution in [3.8, 4) is 0 Å². The maximum Gasteiger partial charge on any atom is 0.306 e. The Morgan fingerprint density at radius 1 is 1.30 bits per heavy atom. The van der Waals surface area contributed by atoms with Crippen molar-refractivity contribution in [2.75, 3.05) is 0 Å². The van der Waals surface area contributed by atoms with E-state index >= 15 is 0 Å². The highest BCUT2D eigenvalue weighted by Gasteiger charge is 2.13. The zero-order chi connectivity index (χ0) is 16.4. The number of aliphatic hydroxyl groups is 1. The number of aliphatic hydroxyl groups excluding tert-OH is 1. The van der Waals surface area contributed by atoms with Crippen molar-refractivity contribution in [1.29, 1.82) is 0 Å². The molecule has 0 fully saturated rings. The van der Waals surface area contributed by atoms with E-state index in [-0.39, 0.29) is 24.3 Å². The Balaban J connectivity index is 1.77. The Morgan fingerprint density at radius 3 is 2.83 bits per heavy atom. The van der Waals surface area contributed by atoms with Crippen molar-refractivity contribution in [1.82, 2.24) is 19.3 Å². The molecule has 0 saturated carbocycles. The standard InChI is InChI=1S/C14H13N5O4/c20-11(8-18-6-10(5-16-18)19(22)23)7-17-9-15-13-4-2-1-3-12(13)14(17)21/h1-6,9,11,20H,7-8H2.